The lowest BCUT2D eigenvalue weighted by molar-refractivity contribution is -0.148. The molecule has 1 N–H and O–H groups in total. The number of alkyl halides is 3. The maximum absolute atomic E-state index is 13.2. The molecule has 7 heteroatoms. The normalized spacial score (nSPS) is 18.0. The second-order valence-corrected chi connectivity index (χ2v) is 6.11. The Morgan fingerprint density at radius 3 is 2.54 bits per heavy atom. The summed E-state index contributed by atoms with van der Waals surface area (Å²) in [7, 11) is 0. The quantitative estimate of drug-likeness (QED) is 0.933. The molecular formula is C17H20F3N3O. The molecule has 3 rings (SSSR count). The van der Waals surface area contributed by atoms with Gasteiger partial charge in [0, 0.05) is 50.7 Å². The van der Waals surface area contributed by atoms with Crippen LogP contribution in [0.4, 0.5) is 13.2 Å². The third kappa shape index (κ3) is 3.47. The van der Waals surface area contributed by atoms with Crippen molar-refractivity contribution >= 4 is 16.8 Å². The molecule has 0 bridgehead atoms. The van der Waals surface area contributed by atoms with Crippen LogP contribution in [-0.4, -0.2) is 47.7 Å². The number of carbonyl (C=O) groups is 1. The van der Waals surface area contributed by atoms with Crippen LogP contribution in [0.15, 0.2) is 30.5 Å². The monoisotopic (exact) mass is 339 g/mol. The van der Waals surface area contributed by atoms with Gasteiger partial charge in [0.15, 0.2) is 0 Å². The van der Waals surface area contributed by atoms with E-state index in [0.29, 0.717) is 42.6 Å². The Bertz CT molecular complexity index is 732. The fraction of sp³-hybridized carbons (Fsp3) is 0.471. The number of aromatic nitrogens is 1. The van der Waals surface area contributed by atoms with E-state index in [1.807, 2.05) is 4.90 Å². The van der Waals surface area contributed by atoms with Crippen LogP contribution in [-0.2, 0) is 0 Å². The van der Waals surface area contributed by atoms with E-state index in [9.17, 15) is 18.0 Å². The summed E-state index contributed by atoms with van der Waals surface area (Å²) in [5.74, 6) is -0.205. The highest BCUT2D eigenvalue weighted by Gasteiger charge is 2.37. The van der Waals surface area contributed by atoms with Crippen molar-refractivity contribution in [2.75, 3.05) is 26.2 Å². The maximum atomic E-state index is 13.2. The average molecular weight is 339 g/mol. The van der Waals surface area contributed by atoms with Gasteiger partial charge < -0.3 is 5.32 Å². The molecule has 0 amide bonds. The summed E-state index contributed by atoms with van der Waals surface area (Å²) in [6, 6.07) is 6.35. The van der Waals surface area contributed by atoms with Crippen molar-refractivity contribution in [2.24, 2.45) is 0 Å². The van der Waals surface area contributed by atoms with Crippen molar-refractivity contribution in [1.82, 2.24) is 14.8 Å². The predicted molar refractivity (Wildman–Crippen MR) is 86.1 cm³/mol. The van der Waals surface area contributed by atoms with E-state index < -0.39 is 18.6 Å². The number of fused-ring (bicyclic) bond motifs is 1. The molecule has 2 heterocycles. The first-order valence-corrected chi connectivity index (χ1v) is 7.99. The van der Waals surface area contributed by atoms with E-state index in [-0.39, 0.29) is 5.91 Å². The van der Waals surface area contributed by atoms with Crippen LogP contribution < -0.4 is 5.32 Å². The summed E-state index contributed by atoms with van der Waals surface area (Å²) in [5.41, 5.74) is 1.22. The summed E-state index contributed by atoms with van der Waals surface area (Å²) in [6.07, 6.45) is -3.61. The molecule has 1 aromatic heterocycles. The van der Waals surface area contributed by atoms with Gasteiger partial charge in [-0.3, -0.25) is 14.3 Å². The first-order chi connectivity index (χ1) is 11.4. The topological polar surface area (TPSA) is 37.3 Å². The summed E-state index contributed by atoms with van der Waals surface area (Å²) in [4.78, 5) is 13.7. The molecule has 0 radical (unpaired) electrons. The molecule has 1 fully saturated rings. The van der Waals surface area contributed by atoms with Gasteiger partial charge in [-0.15, -0.1) is 0 Å². The van der Waals surface area contributed by atoms with Crippen molar-refractivity contribution < 1.29 is 18.0 Å². The van der Waals surface area contributed by atoms with E-state index in [1.165, 1.54) is 11.5 Å². The number of nitrogens with one attached hydrogen (secondary N) is 1. The SMILES string of the molecule is CC(=O)n1cc([C@H](CC(F)(F)F)N2CCNCC2)c2ccccc21. The molecule has 0 unspecified atom stereocenters. The largest absolute Gasteiger partial charge is 0.390 e. The van der Waals surface area contributed by atoms with Gasteiger partial charge in [0.25, 0.3) is 0 Å². The number of benzene rings is 1. The van der Waals surface area contributed by atoms with Crippen LogP contribution in [0.3, 0.4) is 0 Å². The zero-order valence-corrected chi connectivity index (χ0v) is 13.4. The number of carbonyl (C=O) groups excluding carboxylic acids is 1. The minimum atomic E-state index is -4.27. The van der Waals surface area contributed by atoms with Crippen LogP contribution in [0.25, 0.3) is 10.9 Å². The Morgan fingerprint density at radius 1 is 1.25 bits per heavy atom. The number of para-hydroxylation sites is 1. The molecule has 1 saturated heterocycles. The molecule has 0 spiro atoms. The number of rotatable bonds is 3. The van der Waals surface area contributed by atoms with Crippen LogP contribution in [0.5, 0.6) is 0 Å². The number of hydrogen-bond donors (Lipinski definition) is 1. The van der Waals surface area contributed by atoms with E-state index >= 15 is 0 Å². The Kier molecular flexibility index (Phi) is 4.64. The third-order valence-corrected chi connectivity index (χ3v) is 4.46. The molecule has 1 aromatic carbocycles. The first kappa shape index (κ1) is 17.0. The van der Waals surface area contributed by atoms with Gasteiger partial charge >= 0.3 is 6.18 Å². The van der Waals surface area contributed by atoms with Gasteiger partial charge in [0.1, 0.15) is 0 Å². The second-order valence-electron chi connectivity index (χ2n) is 6.11. The zero-order valence-electron chi connectivity index (χ0n) is 13.4. The average Bonchev–Trinajstić information content (AvgIpc) is 2.92. The maximum Gasteiger partial charge on any atom is 0.390 e. The van der Waals surface area contributed by atoms with Gasteiger partial charge in [-0.1, -0.05) is 18.2 Å². The number of piperazine rings is 1. The smallest absolute Gasteiger partial charge is 0.314 e. The van der Waals surface area contributed by atoms with Crippen LogP contribution >= 0.6 is 0 Å². The highest BCUT2D eigenvalue weighted by Crippen LogP contribution is 2.38. The molecule has 130 valence electrons. The number of hydrogen-bond acceptors (Lipinski definition) is 3. The van der Waals surface area contributed by atoms with Crippen LogP contribution in [0.1, 0.15) is 29.7 Å². The Hall–Kier alpha value is -1.86. The summed E-state index contributed by atoms with van der Waals surface area (Å²) in [5, 5.41) is 3.87. The summed E-state index contributed by atoms with van der Waals surface area (Å²) in [6.45, 7) is 3.86. The van der Waals surface area contributed by atoms with Crippen molar-refractivity contribution in [3.05, 3.63) is 36.0 Å². The lowest BCUT2D eigenvalue weighted by atomic mass is 10.00. The fourth-order valence-corrected chi connectivity index (χ4v) is 3.38. The Labute approximate surface area is 138 Å². The summed E-state index contributed by atoms with van der Waals surface area (Å²) >= 11 is 0. The third-order valence-electron chi connectivity index (χ3n) is 4.46. The van der Waals surface area contributed by atoms with E-state index in [4.69, 9.17) is 0 Å². The molecule has 1 aliphatic heterocycles. The van der Waals surface area contributed by atoms with Gasteiger partial charge in [-0.2, -0.15) is 13.2 Å². The standard InChI is InChI=1S/C17H20F3N3O/c1-12(24)23-11-14(13-4-2-3-5-15(13)23)16(10-17(18,19)20)22-8-6-21-7-9-22/h2-5,11,16,21H,6-10H2,1H3/t16-/m0/s1. The molecule has 0 saturated carbocycles. The molecule has 0 aliphatic carbocycles. The minimum Gasteiger partial charge on any atom is -0.314 e. The number of nitrogens with zero attached hydrogens (tertiary/aromatic N) is 2. The van der Waals surface area contributed by atoms with E-state index in [0.717, 1.165) is 0 Å². The predicted octanol–water partition coefficient (Wildman–Crippen LogP) is 3.20. The van der Waals surface area contributed by atoms with E-state index in [2.05, 4.69) is 5.32 Å². The molecular weight excluding hydrogens is 319 g/mol. The van der Waals surface area contributed by atoms with Crippen molar-refractivity contribution in [1.29, 1.82) is 0 Å². The van der Waals surface area contributed by atoms with E-state index in [1.54, 1.807) is 30.5 Å². The second kappa shape index (κ2) is 6.57. The molecule has 1 aliphatic rings. The van der Waals surface area contributed by atoms with Crippen LogP contribution in [0, 0.1) is 0 Å². The van der Waals surface area contributed by atoms with Gasteiger partial charge in [0.2, 0.25) is 5.91 Å². The first-order valence-electron chi connectivity index (χ1n) is 7.99. The Morgan fingerprint density at radius 2 is 1.92 bits per heavy atom. The van der Waals surface area contributed by atoms with Gasteiger partial charge in [-0.05, 0) is 11.6 Å². The number of halogens is 3. The minimum absolute atomic E-state index is 0.205. The molecule has 2 aromatic rings. The highest BCUT2D eigenvalue weighted by molar-refractivity contribution is 5.93. The van der Waals surface area contributed by atoms with Crippen LogP contribution in [0.2, 0.25) is 0 Å². The lowest BCUT2D eigenvalue weighted by Gasteiger charge is -2.35. The van der Waals surface area contributed by atoms with Crippen molar-refractivity contribution in [3.63, 3.8) is 0 Å². The summed E-state index contributed by atoms with van der Waals surface area (Å²) < 4.78 is 41.0. The van der Waals surface area contributed by atoms with Gasteiger partial charge in [0.05, 0.1) is 11.9 Å². The molecule has 4 nitrogen and oxygen atoms in total. The van der Waals surface area contributed by atoms with Gasteiger partial charge in [-0.25, -0.2) is 0 Å². The van der Waals surface area contributed by atoms with Crippen molar-refractivity contribution in [3.8, 4) is 0 Å². The Balaban J connectivity index is 2.09. The molecule has 24 heavy (non-hydrogen) atoms. The van der Waals surface area contributed by atoms with Crippen molar-refractivity contribution in [2.45, 2.75) is 25.6 Å². The fourth-order valence-electron chi connectivity index (χ4n) is 3.38. The molecule has 1 atom stereocenters. The zero-order chi connectivity index (χ0) is 17.3. The lowest BCUT2D eigenvalue weighted by Crippen LogP contribution is -2.46. The highest BCUT2D eigenvalue weighted by atomic mass is 19.4.